The molecule has 1 atom stereocenters. The van der Waals surface area contributed by atoms with Crippen molar-refractivity contribution < 1.29 is 0 Å². The fourth-order valence-corrected chi connectivity index (χ4v) is 5.27. The number of aryl methyl sites for hydroxylation is 2. The van der Waals surface area contributed by atoms with Crippen LogP contribution in [0, 0.1) is 13.8 Å². The van der Waals surface area contributed by atoms with E-state index in [-0.39, 0.29) is 6.04 Å². The molecule has 2 aromatic heterocycles. The Morgan fingerprint density at radius 1 is 1.05 bits per heavy atom. The predicted molar refractivity (Wildman–Crippen MR) is 161 cm³/mol. The number of anilines is 3. The van der Waals surface area contributed by atoms with Gasteiger partial charge in [-0.15, -0.1) is 0 Å². The minimum atomic E-state index is 0.0854. The van der Waals surface area contributed by atoms with E-state index in [4.69, 9.17) is 16.6 Å². The first-order chi connectivity index (χ1) is 18.9. The Labute approximate surface area is 236 Å². The number of benzene rings is 2. The molecule has 5 rings (SSSR count). The second kappa shape index (κ2) is 11.9. The molecule has 1 saturated heterocycles. The van der Waals surface area contributed by atoms with E-state index in [1.54, 1.807) is 6.33 Å². The van der Waals surface area contributed by atoms with Crippen LogP contribution < -0.4 is 15.5 Å². The van der Waals surface area contributed by atoms with Crippen molar-refractivity contribution in [2.24, 2.45) is 0 Å². The molecule has 0 saturated carbocycles. The van der Waals surface area contributed by atoms with Crippen molar-refractivity contribution >= 4 is 34.6 Å². The summed E-state index contributed by atoms with van der Waals surface area (Å²) >= 11 is 6.21. The molecule has 0 amide bonds. The summed E-state index contributed by atoms with van der Waals surface area (Å²) in [6, 6.07) is 14.4. The van der Waals surface area contributed by atoms with Gasteiger partial charge in [-0.1, -0.05) is 43.3 Å². The van der Waals surface area contributed by atoms with Crippen molar-refractivity contribution in [1.29, 1.82) is 0 Å². The second-order valence-electron chi connectivity index (χ2n) is 10.2. The van der Waals surface area contributed by atoms with Crippen LogP contribution >= 0.6 is 11.6 Å². The molecule has 3 heterocycles. The predicted octanol–water partition coefficient (Wildman–Crippen LogP) is 7.38. The van der Waals surface area contributed by atoms with Crippen molar-refractivity contribution in [2.75, 3.05) is 23.3 Å². The smallest absolute Gasteiger partial charge is 0.229 e. The zero-order valence-electron chi connectivity index (χ0n) is 22.9. The number of rotatable bonds is 9. The zero-order chi connectivity index (χ0) is 27.4. The van der Waals surface area contributed by atoms with Crippen molar-refractivity contribution in [3.8, 4) is 5.82 Å². The highest BCUT2D eigenvalue weighted by molar-refractivity contribution is 6.30. The fraction of sp³-hybridized carbons (Fsp3) is 0.323. The third-order valence-corrected chi connectivity index (χ3v) is 7.49. The summed E-state index contributed by atoms with van der Waals surface area (Å²) in [6.07, 6.45) is 10.2. The molecule has 0 radical (unpaired) electrons. The lowest BCUT2D eigenvalue weighted by Crippen LogP contribution is -2.29. The Balaban J connectivity index is 1.33. The van der Waals surface area contributed by atoms with Crippen LogP contribution in [0.2, 0.25) is 5.02 Å². The largest absolute Gasteiger partial charge is 0.377 e. The minimum Gasteiger partial charge on any atom is -0.377 e. The lowest BCUT2D eigenvalue weighted by atomic mass is 10.0. The summed E-state index contributed by atoms with van der Waals surface area (Å²) in [5, 5.41) is 7.64. The number of hydrogen-bond donors (Lipinski definition) is 2. The minimum absolute atomic E-state index is 0.0854. The van der Waals surface area contributed by atoms with Crippen LogP contribution in [0.25, 0.3) is 11.5 Å². The van der Waals surface area contributed by atoms with E-state index in [9.17, 15) is 0 Å². The molecule has 4 aromatic rings. The van der Waals surface area contributed by atoms with Gasteiger partial charge < -0.3 is 15.5 Å². The molecule has 2 N–H and O–H groups in total. The molecular weight excluding hydrogens is 506 g/mol. The topological polar surface area (TPSA) is 70.9 Å². The molecule has 0 bridgehead atoms. The average Bonchev–Trinajstić information content (AvgIpc) is 3.44. The van der Waals surface area contributed by atoms with Gasteiger partial charge in [-0.3, -0.25) is 4.57 Å². The van der Waals surface area contributed by atoms with Gasteiger partial charge in [0.2, 0.25) is 5.95 Å². The van der Waals surface area contributed by atoms with Gasteiger partial charge in [0.1, 0.15) is 17.8 Å². The highest BCUT2D eigenvalue weighted by Gasteiger charge is 2.16. The van der Waals surface area contributed by atoms with Crippen LogP contribution in [-0.2, 0) is 0 Å². The van der Waals surface area contributed by atoms with Crippen molar-refractivity contribution in [3.05, 3.63) is 95.2 Å². The van der Waals surface area contributed by atoms with Crippen LogP contribution in [0.5, 0.6) is 0 Å². The Morgan fingerprint density at radius 3 is 2.64 bits per heavy atom. The third-order valence-electron chi connectivity index (χ3n) is 7.25. The maximum atomic E-state index is 6.21. The number of aromatic nitrogens is 4. The number of halogens is 1. The van der Waals surface area contributed by atoms with E-state index in [0.29, 0.717) is 5.95 Å². The van der Waals surface area contributed by atoms with Crippen LogP contribution in [-0.4, -0.2) is 32.6 Å². The molecule has 1 fully saturated rings. The summed E-state index contributed by atoms with van der Waals surface area (Å²) in [5.74, 6) is 1.31. The van der Waals surface area contributed by atoms with Gasteiger partial charge in [-0.2, -0.15) is 4.98 Å². The highest BCUT2D eigenvalue weighted by atomic mass is 35.5. The monoisotopic (exact) mass is 541 g/mol. The molecular formula is C31H36ClN7. The van der Waals surface area contributed by atoms with E-state index >= 15 is 0 Å². The van der Waals surface area contributed by atoms with Gasteiger partial charge in [-0.25, -0.2) is 9.97 Å². The van der Waals surface area contributed by atoms with Crippen LogP contribution in [0.1, 0.15) is 61.0 Å². The lowest BCUT2D eigenvalue weighted by molar-refractivity contribution is 0.577. The number of nitrogens with zero attached hydrogens (tertiary/aromatic N) is 5. The first kappa shape index (κ1) is 26.8. The summed E-state index contributed by atoms with van der Waals surface area (Å²) in [6.45, 7) is 12.8. The van der Waals surface area contributed by atoms with Gasteiger partial charge >= 0.3 is 0 Å². The van der Waals surface area contributed by atoms with Crippen LogP contribution in [0.3, 0.4) is 0 Å². The standard InChI is InChI=1S/C31H36ClN7/c1-5-27(24-10-9-11-25(32)16-24)35-23(4)28-19-39(20-34-28)30-22(3)18-33-31(37-30)36-26-13-12-21(2)29(17-26)38-14-7-6-8-15-38/h9-13,16-20,27,35H,4-8,14-15H2,1-3H3,(H,33,36,37). The molecule has 8 heteroatoms. The van der Waals surface area contributed by atoms with Gasteiger partial charge in [0, 0.05) is 47.4 Å². The number of nitrogens with one attached hydrogen (secondary N) is 2. The number of imidazole rings is 1. The van der Waals surface area contributed by atoms with E-state index < -0.39 is 0 Å². The van der Waals surface area contributed by atoms with Gasteiger partial charge in [0.05, 0.1) is 11.7 Å². The lowest BCUT2D eigenvalue weighted by Gasteiger charge is -2.30. The molecule has 1 aliphatic heterocycles. The normalized spacial score (nSPS) is 14.2. The zero-order valence-corrected chi connectivity index (χ0v) is 23.7. The fourth-order valence-electron chi connectivity index (χ4n) is 5.07. The van der Waals surface area contributed by atoms with E-state index in [1.807, 2.05) is 42.1 Å². The average molecular weight is 542 g/mol. The Hall–Kier alpha value is -3.84. The first-order valence-electron chi connectivity index (χ1n) is 13.6. The molecule has 7 nitrogen and oxygen atoms in total. The first-order valence-corrected chi connectivity index (χ1v) is 14.0. The molecule has 202 valence electrons. The molecule has 39 heavy (non-hydrogen) atoms. The summed E-state index contributed by atoms with van der Waals surface area (Å²) in [7, 11) is 0. The second-order valence-corrected chi connectivity index (χ2v) is 10.6. The summed E-state index contributed by atoms with van der Waals surface area (Å²) < 4.78 is 1.92. The van der Waals surface area contributed by atoms with E-state index in [2.05, 4.69) is 70.2 Å². The van der Waals surface area contributed by atoms with Crippen LogP contribution in [0.15, 0.2) is 67.8 Å². The molecule has 2 aromatic carbocycles. The van der Waals surface area contributed by atoms with Crippen molar-refractivity contribution in [1.82, 2.24) is 24.8 Å². The molecule has 1 unspecified atom stereocenters. The van der Waals surface area contributed by atoms with E-state index in [0.717, 1.165) is 58.6 Å². The number of hydrogen-bond acceptors (Lipinski definition) is 6. The summed E-state index contributed by atoms with van der Waals surface area (Å²) in [5.41, 5.74) is 7.11. The molecule has 1 aliphatic rings. The third kappa shape index (κ3) is 6.25. The Kier molecular flexibility index (Phi) is 8.17. The maximum Gasteiger partial charge on any atom is 0.229 e. The van der Waals surface area contributed by atoms with Gasteiger partial charge in [0.15, 0.2) is 0 Å². The summed E-state index contributed by atoms with van der Waals surface area (Å²) in [4.78, 5) is 16.5. The molecule has 0 aliphatic carbocycles. The van der Waals surface area contributed by atoms with Crippen LogP contribution in [0.4, 0.5) is 17.3 Å². The highest BCUT2D eigenvalue weighted by Crippen LogP contribution is 2.29. The van der Waals surface area contributed by atoms with E-state index in [1.165, 1.54) is 30.5 Å². The Bertz CT molecular complexity index is 1460. The Morgan fingerprint density at radius 2 is 1.87 bits per heavy atom. The van der Waals surface area contributed by atoms with Gasteiger partial charge in [0.25, 0.3) is 0 Å². The SMILES string of the molecule is C=C(NC(CC)c1cccc(Cl)c1)c1cn(-c2nc(Nc3ccc(C)c(N4CCCCC4)c3)ncc2C)cn1. The molecule has 0 spiro atoms. The number of piperidine rings is 1. The quantitative estimate of drug-likeness (QED) is 0.230. The maximum absolute atomic E-state index is 6.21. The van der Waals surface area contributed by atoms with Gasteiger partial charge in [-0.05, 0) is 74.9 Å². The van der Waals surface area contributed by atoms with Crippen molar-refractivity contribution in [3.63, 3.8) is 0 Å². The van der Waals surface area contributed by atoms with Crippen molar-refractivity contribution in [2.45, 2.75) is 52.5 Å².